The van der Waals surface area contributed by atoms with E-state index in [1.54, 1.807) is 0 Å². The molecule has 1 aromatic carbocycles. The van der Waals surface area contributed by atoms with Crippen molar-refractivity contribution in [1.82, 2.24) is 0 Å². The molecule has 0 radical (unpaired) electrons. The van der Waals surface area contributed by atoms with Crippen molar-refractivity contribution in [1.29, 1.82) is 0 Å². The average molecular weight is 289 g/mol. The van der Waals surface area contributed by atoms with Crippen LogP contribution in [0, 0.1) is 18.8 Å². The van der Waals surface area contributed by atoms with E-state index in [9.17, 15) is 0 Å². The third-order valence-corrected chi connectivity index (χ3v) is 4.62. The molecule has 2 nitrogen and oxygen atoms in total. The molecule has 0 aromatic heterocycles. The van der Waals surface area contributed by atoms with Gasteiger partial charge in [-0.2, -0.15) is 0 Å². The Balaban J connectivity index is 2.13. The first-order valence-electron chi connectivity index (χ1n) is 8.61. The van der Waals surface area contributed by atoms with E-state index in [0.717, 1.165) is 30.6 Å². The normalized spacial score (nSPS) is 22.3. The Morgan fingerprint density at radius 3 is 2.71 bits per heavy atom. The second-order valence-electron chi connectivity index (χ2n) is 6.79. The van der Waals surface area contributed by atoms with E-state index in [4.69, 9.17) is 4.74 Å². The minimum Gasteiger partial charge on any atom is -0.491 e. The molecular weight excluding hydrogens is 258 g/mol. The van der Waals surface area contributed by atoms with Gasteiger partial charge in [-0.25, -0.2) is 0 Å². The van der Waals surface area contributed by atoms with Crippen molar-refractivity contribution < 1.29 is 4.74 Å². The van der Waals surface area contributed by atoms with Crippen molar-refractivity contribution in [3.05, 3.63) is 23.8 Å². The Morgan fingerprint density at radius 2 is 2.00 bits per heavy atom. The monoisotopic (exact) mass is 289 g/mol. The number of aryl methyl sites for hydroxylation is 1. The molecule has 1 aliphatic rings. The highest BCUT2D eigenvalue weighted by Gasteiger charge is 2.27. The van der Waals surface area contributed by atoms with Crippen LogP contribution in [-0.2, 0) is 0 Å². The van der Waals surface area contributed by atoms with E-state index in [1.807, 2.05) is 0 Å². The summed E-state index contributed by atoms with van der Waals surface area (Å²) >= 11 is 0. The number of benzene rings is 1. The number of rotatable bonds is 6. The lowest BCUT2D eigenvalue weighted by Gasteiger charge is -2.36. The maximum absolute atomic E-state index is 5.94. The molecule has 0 amide bonds. The first-order valence-corrected chi connectivity index (χ1v) is 8.61. The van der Waals surface area contributed by atoms with Crippen molar-refractivity contribution in [3.63, 3.8) is 0 Å². The lowest BCUT2D eigenvalue weighted by Crippen LogP contribution is -2.35. The van der Waals surface area contributed by atoms with Crippen molar-refractivity contribution >= 4 is 5.69 Å². The predicted octanol–water partition coefficient (Wildman–Crippen LogP) is 5.41. The van der Waals surface area contributed by atoms with Gasteiger partial charge in [-0.1, -0.05) is 39.7 Å². The molecule has 2 heteroatoms. The van der Waals surface area contributed by atoms with Gasteiger partial charge in [-0.15, -0.1) is 0 Å². The van der Waals surface area contributed by atoms with E-state index in [0.29, 0.717) is 6.04 Å². The summed E-state index contributed by atoms with van der Waals surface area (Å²) in [4.78, 5) is 0. The second-order valence-corrected chi connectivity index (χ2v) is 6.79. The third-order valence-electron chi connectivity index (χ3n) is 4.62. The molecule has 2 unspecified atom stereocenters. The van der Waals surface area contributed by atoms with E-state index in [1.165, 1.54) is 36.9 Å². The summed E-state index contributed by atoms with van der Waals surface area (Å²) in [5.74, 6) is 2.54. The number of ether oxygens (including phenoxy) is 1. The zero-order chi connectivity index (χ0) is 15.2. The third kappa shape index (κ3) is 4.39. The molecule has 1 fully saturated rings. The largest absolute Gasteiger partial charge is 0.491 e. The molecule has 0 heterocycles. The lowest BCUT2D eigenvalue weighted by molar-refractivity contribution is 0.252. The molecule has 0 bridgehead atoms. The van der Waals surface area contributed by atoms with Crippen LogP contribution in [0.5, 0.6) is 5.75 Å². The summed E-state index contributed by atoms with van der Waals surface area (Å²) in [6, 6.07) is 7.11. The molecule has 1 aromatic rings. The highest BCUT2D eigenvalue weighted by atomic mass is 16.5. The molecule has 1 N–H and O–H groups in total. The average Bonchev–Trinajstić information content (AvgIpc) is 2.47. The minimum atomic E-state index is 0.588. The van der Waals surface area contributed by atoms with Crippen molar-refractivity contribution in [2.75, 3.05) is 11.9 Å². The number of hydrogen-bond acceptors (Lipinski definition) is 2. The van der Waals surface area contributed by atoms with Gasteiger partial charge in [-0.3, -0.25) is 0 Å². The Kier molecular flexibility index (Phi) is 5.96. The molecular formula is C19H31NO. The Bertz CT molecular complexity index is 441. The fourth-order valence-electron chi connectivity index (χ4n) is 3.42. The van der Waals surface area contributed by atoms with Gasteiger partial charge in [0.2, 0.25) is 0 Å². The number of nitrogens with one attached hydrogen (secondary N) is 1. The summed E-state index contributed by atoms with van der Waals surface area (Å²) in [7, 11) is 0. The minimum absolute atomic E-state index is 0.588. The first kappa shape index (κ1) is 16.2. The SMILES string of the molecule is CCCOc1cc(C)ccc1NC1CCCCC1C(C)C. The summed E-state index contributed by atoms with van der Waals surface area (Å²) < 4.78 is 5.94. The van der Waals surface area contributed by atoms with Crippen LogP contribution < -0.4 is 10.1 Å². The highest BCUT2D eigenvalue weighted by Crippen LogP contribution is 2.35. The second kappa shape index (κ2) is 7.72. The highest BCUT2D eigenvalue weighted by molar-refractivity contribution is 5.58. The molecule has 2 atom stereocenters. The van der Waals surface area contributed by atoms with Gasteiger partial charge >= 0.3 is 0 Å². The van der Waals surface area contributed by atoms with Crippen LogP contribution in [-0.4, -0.2) is 12.6 Å². The molecule has 1 aliphatic carbocycles. The van der Waals surface area contributed by atoms with E-state index < -0.39 is 0 Å². The van der Waals surface area contributed by atoms with Gasteiger partial charge in [0.15, 0.2) is 0 Å². The van der Waals surface area contributed by atoms with E-state index in [-0.39, 0.29) is 0 Å². The standard InChI is InChI=1S/C19H31NO/c1-5-12-21-19-13-15(4)10-11-18(19)20-17-9-7-6-8-16(17)14(2)3/h10-11,13-14,16-17,20H,5-9,12H2,1-4H3. The smallest absolute Gasteiger partial charge is 0.142 e. The summed E-state index contributed by atoms with van der Waals surface area (Å²) in [5, 5.41) is 3.79. The zero-order valence-electron chi connectivity index (χ0n) is 14.1. The van der Waals surface area contributed by atoms with Crippen LogP contribution in [0.3, 0.4) is 0 Å². The van der Waals surface area contributed by atoms with Crippen LogP contribution in [0.25, 0.3) is 0 Å². The lowest BCUT2D eigenvalue weighted by atomic mass is 9.78. The molecule has 0 aliphatic heterocycles. The molecule has 118 valence electrons. The molecule has 0 saturated heterocycles. The number of hydrogen-bond donors (Lipinski definition) is 1. The fraction of sp³-hybridized carbons (Fsp3) is 0.684. The molecule has 2 rings (SSSR count). The maximum atomic E-state index is 5.94. The fourth-order valence-corrected chi connectivity index (χ4v) is 3.42. The number of anilines is 1. The molecule has 21 heavy (non-hydrogen) atoms. The van der Waals surface area contributed by atoms with Crippen LogP contribution in [0.15, 0.2) is 18.2 Å². The Morgan fingerprint density at radius 1 is 1.24 bits per heavy atom. The van der Waals surface area contributed by atoms with Crippen LogP contribution in [0.2, 0.25) is 0 Å². The summed E-state index contributed by atoms with van der Waals surface area (Å²) in [6.07, 6.45) is 6.41. The van der Waals surface area contributed by atoms with Gasteiger partial charge in [0.25, 0.3) is 0 Å². The van der Waals surface area contributed by atoms with Crippen LogP contribution >= 0.6 is 0 Å². The van der Waals surface area contributed by atoms with Crippen molar-refractivity contribution in [3.8, 4) is 5.75 Å². The molecule has 0 spiro atoms. The topological polar surface area (TPSA) is 21.3 Å². The summed E-state index contributed by atoms with van der Waals surface area (Å²) in [6.45, 7) is 9.78. The van der Waals surface area contributed by atoms with Crippen molar-refractivity contribution in [2.45, 2.75) is 65.8 Å². The van der Waals surface area contributed by atoms with Gasteiger partial charge in [-0.05, 0) is 55.7 Å². The Hall–Kier alpha value is -1.18. The molecule has 1 saturated carbocycles. The van der Waals surface area contributed by atoms with Gasteiger partial charge in [0.05, 0.1) is 12.3 Å². The van der Waals surface area contributed by atoms with Crippen LogP contribution in [0.4, 0.5) is 5.69 Å². The quantitative estimate of drug-likeness (QED) is 0.756. The zero-order valence-corrected chi connectivity index (χ0v) is 14.1. The predicted molar refractivity (Wildman–Crippen MR) is 91.2 cm³/mol. The first-order chi connectivity index (χ1) is 10.1. The van der Waals surface area contributed by atoms with Gasteiger partial charge in [0.1, 0.15) is 5.75 Å². The Labute approximate surface area is 130 Å². The van der Waals surface area contributed by atoms with Gasteiger partial charge in [0, 0.05) is 6.04 Å². The van der Waals surface area contributed by atoms with Gasteiger partial charge < -0.3 is 10.1 Å². The van der Waals surface area contributed by atoms with Crippen molar-refractivity contribution in [2.24, 2.45) is 11.8 Å². The van der Waals surface area contributed by atoms with Crippen LogP contribution in [0.1, 0.15) is 58.4 Å². The maximum Gasteiger partial charge on any atom is 0.142 e. The van der Waals surface area contributed by atoms with E-state index in [2.05, 4.69) is 51.2 Å². The van der Waals surface area contributed by atoms with E-state index >= 15 is 0 Å². The summed E-state index contributed by atoms with van der Waals surface area (Å²) in [5.41, 5.74) is 2.43.